The van der Waals surface area contributed by atoms with Gasteiger partial charge in [-0.25, -0.2) is 0 Å². The molecule has 1 atom stereocenters. The van der Waals surface area contributed by atoms with Gasteiger partial charge in [-0.2, -0.15) is 0 Å². The molecule has 1 unspecified atom stereocenters. The van der Waals surface area contributed by atoms with Crippen LogP contribution >= 0.6 is 0 Å². The topological polar surface area (TPSA) is 0 Å². The van der Waals surface area contributed by atoms with Crippen LogP contribution in [-0.4, -0.2) is 0 Å². The molecule has 0 amide bonds. The highest BCUT2D eigenvalue weighted by Crippen LogP contribution is 2.34. The minimum Gasteiger partial charge on any atom is -0.129 e. The molecule has 0 spiro atoms. The van der Waals surface area contributed by atoms with Gasteiger partial charge in [0.05, 0.1) is 0 Å². The van der Waals surface area contributed by atoms with E-state index in [0.29, 0.717) is 5.92 Å². The molecule has 17 heavy (non-hydrogen) atoms. The summed E-state index contributed by atoms with van der Waals surface area (Å²) < 4.78 is 0. The highest BCUT2D eigenvalue weighted by Gasteiger charge is 2.14. The third kappa shape index (κ3) is 1.63. The maximum absolute atomic E-state index is 3.19. The van der Waals surface area contributed by atoms with E-state index in [1.807, 2.05) is 13.0 Å². The molecule has 0 saturated carbocycles. The number of hydrogen-bond acceptors (Lipinski definition) is 0. The second-order valence-corrected chi connectivity index (χ2v) is 4.30. The highest BCUT2D eigenvalue weighted by atomic mass is 14.2. The van der Waals surface area contributed by atoms with Gasteiger partial charge in [-0.15, -0.1) is 5.73 Å². The fourth-order valence-electron chi connectivity index (χ4n) is 2.47. The molecule has 0 bridgehead atoms. The molecular formula is C17H14. The first-order valence-electron chi connectivity index (χ1n) is 5.97. The van der Waals surface area contributed by atoms with Gasteiger partial charge < -0.3 is 0 Å². The van der Waals surface area contributed by atoms with Crippen LogP contribution in [0.15, 0.2) is 60.4 Å². The Balaban J connectivity index is 2.30. The number of allylic oxidation sites excluding steroid dienone is 2. The molecule has 0 heteroatoms. The van der Waals surface area contributed by atoms with Crippen LogP contribution in [0.2, 0.25) is 0 Å². The van der Waals surface area contributed by atoms with Crippen molar-refractivity contribution in [1.29, 1.82) is 0 Å². The van der Waals surface area contributed by atoms with Crippen LogP contribution in [0.3, 0.4) is 0 Å². The van der Waals surface area contributed by atoms with Gasteiger partial charge in [0.1, 0.15) is 0 Å². The van der Waals surface area contributed by atoms with Gasteiger partial charge in [0.15, 0.2) is 0 Å². The van der Waals surface area contributed by atoms with E-state index in [9.17, 15) is 0 Å². The Kier molecular flexibility index (Phi) is 2.44. The lowest BCUT2D eigenvalue weighted by atomic mass is 9.86. The molecule has 0 nitrogen and oxygen atoms in total. The standard InChI is InChI=1S/C17H14/c1-2-3-6-13-11-12-15-8-4-7-14-9-5-10-16(13)17(14)15/h2,4-13H,1H3. The predicted molar refractivity (Wildman–Crippen MR) is 74.1 cm³/mol. The van der Waals surface area contributed by atoms with Crippen LogP contribution in [0.5, 0.6) is 0 Å². The summed E-state index contributed by atoms with van der Waals surface area (Å²) >= 11 is 0. The van der Waals surface area contributed by atoms with Gasteiger partial charge >= 0.3 is 0 Å². The van der Waals surface area contributed by atoms with E-state index in [2.05, 4.69) is 60.4 Å². The van der Waals surface area contributed by atoms with Gasteiger partial charge in [-0.05, 0) is 41.0 Å². The van der Waals surface area contributed by atoms with E-state index in [-0.39, 0.29) is 0 Å². The van der Waals surface area contributed by atoms with Crippen molar-refractivity contribution < 1.29 is 0 Å². The van der Waals surface area contributed by atoms with E-state index in [1.54, 1.807) is 0 Å². The van der Waals surface area contributed by atoms with Crippen molar-refractivity contribution in [3.05, 3.63) is 71.5 Å². The van der Waals surface area contributed by atoms with Gasteiger partial charge in [0.25, 0.3) is 0 Å². The lowest BCUT2D eigenvalue weighted by Gasteiger charge is -2.18. The molecule has 1 aliphatic carbocycles. The van der Waals surface area contributed by atoms with Crippen LogP contribution in [0.25, 0.3) is 16.8 Å². The van der Waals surface area contributed by atoms with E-state index in [4.69, 9.17) is 0 Å². The van der Waals surface area contributed by atoms with Gasteiger partial charge in [0, 0.05) is 5.92 Å². The molecule has 2 aromatic carbocycles. The predicted octanol–water partition coefficient (Wildman–Crippen LogP) is 4.68. The van der Waals surface area contributed by atoms with Crippen molar-refractivity contribution in [1.82, 2.24) is 0 Å². The first-order chi connectivity index (χ1) is 8.40. The van der Waals surface area contributed by atoms with Crippen LogP contribution in [0.4, 0.5) is 0 Å². The Hall–Kier alpha value is -2.04. The fourth-order valence-corrected chi connectivity index (χ4v) is 2.47. The SMILES string of the molecule is CC=C=CC1C=Cc2cccc3cccc1c23. The zero-order valence-corrected chi connectivity index (χ0v) is 9.85. The average Bonchev–Trinajstić information content (AvgIpc) is 2.39. The van der Waals surface area contributed by atoms with Gasteiger partial charge in [-0.1, -0.05) is 48.6 Å². The number of benzene rings is 2. The maximum atomic E-state index is 3.19. The van der Waals surface area contributed by atoms with E-state index < -0.39 is 0 Å². The summed E-state index contributed by atoms with van der Waals surface area (Å²) in [5, 5.41) is 2.71. The first kappa shape index (κ1) is 10.1. The zero-order valence-electron chi connectivity index (χ0n) is 9.85. The second kappa shape index (κ2) is 4.08. The maximum Gasteiger partial charge on any atom is 0.0283 e. The third-order valence-electron chi connectivity index (χ3n) is 3.25. The van der Waals surface area contributed by atoms with Crippen molar-refractivity contribution in [2.75, 3.05) is 0 Å². The minimum atomic E-state index is 0.352. The van der Waals surface area contributed by atoms with Crippen molar-refractivity contribution >= 4 is 16.8 Å². The Labute approximate surface area is 102 Å². The number of hydrogen-bond donors (Lipinski definition) is 0. The molecule has 3 rings (SSSR count). The molecule has 0 N–H and O–H groups in total. The zero-order chi connectivity index (χ0) is 11.7. The van der Waals surface area contributed by atoms with E-state index in [0.717, 1.165) is 0 Å². The Bertz CT molecular complexity index is 648. The third-order valence-corrected chi connectivity index (χ3v) is 3.25. The Morgan fingerprint density at radius 2 is 1.94 bits per heavy atom. The summed E-state index contributed by atoms with van der Waals surface area (Å²) in [6.45, 7) is 2.00. The van der Waals surface area contributed by atoms with Gasteiger partial charge in [0.2, 0.25) is 0 Å². The van der Waals surface area contributed by atoms with E-state index >= 15 is 0 Å². The summed E-state index contributed by atoms with van der Waals surface area (Å²) in [5.74, 6) is 0.352. The quantitative estimate of drug-likeness (QED) is 0.609. The van der Waals surface area contributed by atoms with Crippen molar-refractivity contribution in [3.63, 3.8) is 0 Å². The Morgan fingerprint density at radius 3 is 2.76 bits per heavy atom. The largest absolute Gasteiger partial charge is 0.129 e. The monoisotopic (exact) mass is 218 g/mol. The number of rotatable bonds is 1. The van der Waals surface area contributed by atoms with Crippen LogP contribution < -0.4 is 0 Å². The smallest absolute Gasteiger partial charge is 0.0283 e. The molecule has 0 heterocycles. The normalized spacial score (nSPS) is 16.6. The summed E-state index contributed by atoms with van der Waals surface area (Å²) in [6.07, 6.45) is 8.54. The van der Waals surface area contributed by atoms with Crippen LogP contribution in [0, 0.1) is 0 Å². The summed E-state index contributed by atoms with van der Waals surface area (Å²) in [4.78, 5) is 0. The lowest BCUT2D eigenvalue weighted by molar-refractivity contribution is 1.10. The summed E-state index contributed by atoms with van der Waals surface area (Å²) in [7, 11) is 0. The molecule has 82 valence electrons. The molecule has 2 aromatic rings. The van der Waals surface area contributed by atoms with Crippen molar-refractivity contribution in [2.45, 2.75) is 12.8 Å². The second-order valence-electron chi connectivity index (χ2n) is 4.30. The molecule has 0 aromatic heterocycles. The van der Waals surface area contributed by atoms with Crippen LogP contribution in [0.1, 0.15) is 24.0 Å². The fraction of sp³-hybridized carbons (Fsp3) is 0.118. The van der Waals surface area contributed by atoms with E-state index in [1.165, 1.54) is 21.9 Å². The molecule has 0 radical (unpaired) electrons. The molecular weight excluding hydrogens is 204 g/mol. The lowest BCUT2D eigenvalue weighted by Crippen LogP contribution is -1.98. The first-order valence-corrected chi connectivity index (χ1v) is 5.97. The molecule has 0 aliphatic heterocycles. The van der Waals surface area contributed by atoms with Crippen molar-refractivity contribution in [2.24, 2.45) is 0 Å². The van der Waals surface area contributed by atoms with Crippen LogP contribution in [-0.2, 0) is 0 Å². The molecule has 1 aliphatic rings. The Morgan fingerprint density at radius 1 is 1.12 bits per heavy atom. The highest BCUT2D eigenvalue weighted by molar-refractivity contribution is 5.95. The molecule has 0 fully saturated rings. The summed E-state index contributed by atoms with van der Waals surface area (Å²) in [5.41, 5.74) is 5.90. The van der Waals surface area contributed by atoms with Crippen molar-refractivity contribution in [3.8, 4) is 0 Å². The average molecular weight is 218 g/mol. The minimum absolute atomic E-state index is 0.352. The summed E-state index contributed by atoms with van der Waals surface area (Å²) in [6, 6.07) is 13.0. The molecule has 0 saturated heterocycles. The van der Waals surface area contributed by atoms with Gasteiger partial charge in [-0.3, -0.25) is 0 Å².